The van der Waals surface area contributed by atoms with E-state index in [1.54, 1.807) is 30.5 Å². The van der Waals surface area contributed by atoms with Crippen LogP contribution in [0.5, 0.6) is 0 Å². The van der Waals surface area contributed by atoms with Crippen molar-refractivity contribution in [2.45, 2.75) is 0 Å². The first-order valence-corrected chi connectivity index (χ1v) is 6.05. The van der Waals surface area contributed by atoms with Crippen LogP contribution in [0.2, 0.25) is 5.28 Å². The third-order valence-corrected chi connectivity index (χ3v) is 3.00. The lowest BCUT2D eigenvalue weighted by molar-refractivity contribution is -0.384. The minimum absolute atomic E-state index is 0.0307. The molecule has 0 aliphatic rings. The van der Waals surface area contributed by atoms with Gasteiger partial charge in [-0.2, -0.15) is 0 Å². The normalized spacial score (nSPS) is 10.7. The standard InChI is InChI=1S/C13H7ClN4O2/c14-13-16-7-11(18(19)20)12(17-13)9-3-4-10-8(6-9)2-1-5-15-10/h1-7H. The number of nitrogens with zero attached hydrogens (tertiary/aromatic N) is 4. The van der Waals surface area contributed by atoms with Crippen LogP contribution >= 0.6 is 11.6 Å². The van der Waals surface area contributed by atoms with Crippen LogP contribution in [0, 0.1) is 10.1 Å². The molecule has 0 fully saturated rings. The van der Waals surface area contributed by atoms with Gasteiger partial charge in [0.05, 0.1) is 10.4 Å². The molecule has 6 nitrogen and oxygen atoms in total. The van der Waals surface area contributed by atoms with Crippen molar-refractivity contribution in [1.29, 1.82) is 0 Å². The molecule has 7 heteroatoms. The van der Waals surface area contributed by atoms with E-state index in [-0.39, 0.29) is 16.7 Å². The molecule has 0 unspecified atom stereocenters. The van der Waals surface area contributed by atoms with E-state index < -0.39 is 4.92 Å². The summed E-state index contributed by atoms with van der Waals surface area (Å²) in [5, 5.41) is 11.9. The number of hydrogen-bond donors (Lipinski definition) is 0. The summed E-state index contributed by atoms with van der Waals surface area (Å²) in [5.41, 5.74) is 1.42. The Balaban J connectivity index is 2.24. The fraction of sp³-hybridized carbons (Fsp3) is 0. The van der Waals surface area contributed by atoms with Crippen molar-refractivity contribution in [3.63, 3.8) is 0 Å². The molecule has 0 saturated carbocycles. The summed E-state index contributed by atoms with van der Waals surface area (Å²) < 4.78 is 0. The zero-order chi connectivity index (χ0) is 14.1. The zero-order valence-corrected chi connectivity index (χ0v) is 10.8. The fourth-order valence-corrected chi connectivity index (χ4v) is 2.06. The van der Waals surface area contributed by atoms with Crippen molar-refractivity contribution in [2.75, 3.05) is 0 Å². The summed E-state index contributed by atoms with van der Waals surface area (Å²) in [5.74, 6) is 0. The van der Waals surface area contributed by atoms with Gasteiger partial charge in [-0.25, -0.2) is 9.97 Å². The zero-order valence-electron chi connectivity index (χ0n) is 10.0. The van der Waals surface area contributed by atoms with Crippen LogP contribution in [-0.2, 0) is 0 Å². The molecule has 0 atom stereocenters. The van der Waals surface area contributed by atoms with Crippen LogP contribution in [0.15, 0.2) is 42.7 Å². The average Bonchev–Trinajstić information content (AvgIpc) is 2.46. The smallest absolute Gasteiger partial charge is 0.258 e. The Hall–Kier alpha value is -2.60. The van der Waals surface area contributed by atoms with Crippen LogP contribution in [-0.4, -0.2) is 19.9 Å². The van der Waals surface area contributed by atoms with Crippen LogP contribution < -0.4 is 0 Å². The molecule has 0 aliphatic heterocycles. The molecule has 20 heavy (non-hydrogen) atoms. The summed E-state index contributed by atoms with van der Waals surface area (Å²) in [6.45, 7) is 0. The van der Waals surface area contributed by atoms with Gasteiger partial charge in [0.2, 0.25) is 5.28 Å². The van der Waals surface area contributed by atoms with E-state index >= 15 is 0 Å². The maximum absolute atomic E-state index is 11.0. The van der Waals surface area contributed by atoms with Gasteiger partial charge in [-0.05, 0) is 29.8 Å². The lowest BCUT2D eigenvalue weighted by Gasteiger charge is -2.04. The molecular weight excluding hydrogens is 280 g/mol. The topological polar surface area (TPSA) is 81.8 Å². The van der Waals surface area contributed by atoms with E-state index in [2.05, 4.69) is 15.0 Å². The number of fused-ring (bicyclic) bond motifs is 1. The first-order chi connectivity index (χ1) is 9.65. The second-order valence-corrected chi connectivity index (χ2v) is 4.38. The molecule has 0 bridgehead atoms. The monoisotopic (exact) mass is 286 g/mol. The number of benzene rings is 1. The largest absolute Gasteiger partial charge is 0.313 e. The molecule has 98 valence electrons. The highest BCUT2D eigenvalue weighted by molar-refractivity contribution is 6.28. The first kappa shape index (κ1) is 12.4. The fourth-order valence-electron chi connectivity index (χ4n) is 1.92. The molecule has 2 aromatic heterocycles. The summed E-state index contributed by atoms with van der Waals surface area (Å²) in [4.78, 5) is 22.3. The van der Waals surface area contributed by atoms with Crippen molar-refractivity contribution in [3.05, 3.63) is 58.1 Å². The quantitative estimate of drug-likeness (QED) is 0.410. The number of aromatic nitrogens is 3. The SMILES string of the molecule is O=[N+]([O-])c1cnc(Cl)nc1-c1ccc2ncccc2c1. The van der Waals surface area contributed by atoms with E-state index in [0.29, 0.717) is 5.56 Å². The lowest BCUT2D eigenvalue weighted by Crippen LogP contribution is -1.97. The van der Waals surface area contributed by atoms with E-state index in [0.717, 1.165) is 17.1 Å². The molecule has 0 radical (unpaired) electrons. The Morgan fingerprint density at radius 2 is 2.05 bits per heavy atom. The third-order valence-electron chi connectivity index (χ3n) is 2.81. The Kier molecular flexibility index (Phi) is 3.00. The Morgan fingerprint density at radius 1 is 1.20 bits per heavy atom. The van der Waals surface area contributed by atoms with Gasteiger partial charge < -0.3 is 0 Å². The molecule has 3 aromatic rings. The van der Waals surface area contributed by atoms with Crippen LogP contribution in [0.25, 0.3) is 22.2 Å². The number of pyridine rings is 1. The average molecular weight is 287 g/mol. The van der Waals surface area contributed by atoms with E-state index in [4.69, 9.17) is 11.6 Å². The Labute approximate surface area is 118 Å². The van der Waals surface area contributed by atoms with Gasteiger partial charge in [-0.3, -0.25) is 15.1 Å². The molecule has 1 aromatic carbocycles. The van der Waals surface area contributed by atoms with Gasteiger partial charge in [-0.1, -0.05) is 12.1 Å². The summed E-state index contributed by atoms with van der Waals surface area (Å²) in [6.07, 6.45) is 2.80. The van der Waals surface area contributed by atoms with Crippen molar-refractivity contribution in [1.82, 2.24) is 15.0 Å². The summed E-state index contributed by atoms with van der Waals surface area (Å²) in [7, 11) is 0. The van der Waals surface area contributed by atoms with E-state index in [1.807, 2.05) is 6.07 Å². The number of halogens is 1. The molecule has 0 N–H and O–H groups in total. The molecule has 0 spiro atoms. The maximum atomic E-state index is 11.0. The number of rotatable bonds is 2. The first-order valence-electron chi connectivity index (χ1n) is 5.67. The summed E-state index contributed by atoms with van der Waals surface area (Å²) >= 11 is 5.73. The molecule has 2 heterocycles. The molecule has 3 rings (SSSR count). The predicted molar refractivity (Wildman–Crippen MR) is 74.4 cm³/mol. The van der Waals surface area contributed by atoms with Crippen LogP contribution in [0.1, 0.15) is 0 Å². The molecule has 0 amide bonds. The van der Waals surface area contributed by atoms with E-state index in [9.17, 15) is 10.1 Å². The lowest BCUT2D eigenvalue weighted by atomic mass is 10.1. The third kappa shape index (κ3) is 2.17. The number of hydrogen-bond acceptors (Lipinski definition) is 5. The van der Waals surface area contributed by atoms with Crippen molar-refractivity contribution < 1.29 is 4.92 Å². The second-order valence-electron chi connectivity index (χ2n) is 4.04. The maximum Gasteiger partial charge on any atom is 0.313 e. The van der Waals surface area contributed by atoms with Gasteiger partial charge in [0, 0.05) is 17.1 Å². The Bertz CT molecular complexity index is 822. The van der Waals surface area contributed by atoms with Gasteiger partial charge in [-0.15, -0.1) is 0 Å². The minimum Gasteiger partial charge on any atom is -0.258 e. The summed E-state index contributed by atoms with van der Waals surface area (Å²) in [6, 6.07) is 8.97. The van der Waals surface area contributed by atoms with E-state index in [1.165, 1.54) is 0 Å². The van der Waals surface area contributed by atoms with Gasteiger partial charge >= 0.3 is 5.69 Å². The molecule has 0 aliphatic carbocycles. The molecule has 0 saturated heterocycles. The predicted octanol–water partition coefficient (Wildman–Crippen LogP) is 3.25. The highest BCUT2D eigenvalue weighted by Crippen LogP contribution is 2.29. The van der Waals surface area contributed by atoms with Gasteiger partial charge in [0.1, 0.15) is 6.20 Å². The molecular formula is C13H7ClN4O2. The Morgan fingerprint density at radius 3 is 2.85 bits per heavy atom. The van der Waals surface area contributed by atoms with Gasteiger partial charge in [0.25, 0.3) is 0 Å². The van der Waals surface area contributed by atoms with Crippen molar-refractivity contribution >= 4 is 28.2 Å². The van der Waals surface area contributed by atoms with Crippen molar-refractivity contribution in [2.24, 2.45) is 0 Å². The van der Waals surface area contributed by atoms with Crippen LogP contribution in [0.3, 0.4) is 0 Å². The van der Waals surface area contributed by atoms with Crippen molar-refractivity contribution in [3.8, 4) is 11.3 Å². The van der Waals surface area contributed by atoms with Gasteiger partial charge in [0.15, 0.2) is 5.69 Å². The van der Waals surface area contributed by atoms with Crippen LogP contribution in [0.4, 0.5) is 5.69 Å². The highest BCUT2D eigenvalue weighted by Gasteiger charge is 2.18. The number of nitro groups is 1. The minimum atomic E-state index is -0.529. The second kappa shape index (κ2) is 4.82. The highest BCUT2D eigenvalue weighted by atomic mass is 35.5.